The van der Waals surface area contributed by atoms with E-state index in [9.17, 15) is 9.50 Å². The molecule has 0 fully saturated rings. The number of methoxy groups -OCH3 is 1. The third-order valence-electron chi connectivity index (χ3n) is 2.90. The molecule has 0 amide bonds. The maximum absolute atomic E-state index is 13.2. The number of aliphatic hydroxyl groups is 1. The van der Waals surface area contributed by atoms with Crippen LogP contribution in [0.25, 0.3) is 0 Å². The Bertz CT molecular complexity index is 572. The first kappa shape index (κ1) is 14.0. The normalized spacial score (nSPS) is 12.2. The molecule has 0 spiro atoms. The van der Waals surface area contributed by atoms with Crippen LogP contribution in [-0.4, -0.2) is 12.2 Å². The van der Waals surface area contributed by atoms with E-state index in [0.717, 1.165) is 15.6 Å². The second-order valence-corrected chi connectivity index (χ2v) is 5.09. The SMILES string of the molecule is COc1cccc(C(O)Cc2cc(F)ccc2Br)c1. The summed E-state index contributed by atoms with van der Waals surface area (Å²) in [7, 11) is 1.58. The summed E-state index contributed by atoms with van der Waals surface area (Å²) in [6, 6.07) is 11.7. The lowest BCUT2D eigenvalue weighted by atomic mass is 10.0. The molecule has 0 bridgehead atoms. The van der Waals surface area contributed by atoms with Gasteiger partial charge in [0.15, 0.2) is 0 Å². The Morgan fingerprint density at radius 3 is 2.79 bits per heavy atom. The van der Waals surface area contributed by atoms with Gasteiger partial charge in [-0.1, -0.05) is 28.1 Å². The average Bonchev–Trinajstić information content (AvgIpc) is 2.43. The summed E-state index contributed by atoms with van der Waals surface area (Å²) in [6.07, 6.45) is -0.362. The van der Waals surface area contributed by atoms with E-state index in [1.165, 1.54) is 12.1 Å². The molecule has 4 heteroatoms. The van der Waals surface area contributed by atoms with Crippen LogP contribution in [0.15, 0.2) is 46.9 Å². The molecule has 0 saturated carbocycles. The van der Waals surface area contributed by atoms with Gasteiger partial charge in [0, 0.05) is 10.9 Å². The lowest BCUT2D eigenvalue weighted by Crippen LogP contribution is -2.03. The van der Waals surface area contributed by atoms with Crippen LogP contribution < -0.4 is 4.74 Å². The van der Waals surface area contributed by atoms with E-state index >= 15 is 0 Å². The van der Waals surface area contributed by atoms with Crippen molar-refractivity contribution in [1.82, 2.24) is 0 Å². The lowest BCUT2D eigenvalue weighted by molar-refractivity contribution is 0.177. The predicted octanol–water partition coefficient (Wildman–Crippen LogP) is 3.87. The van der Waals surface area contributed by atoms with Crippen molar-refractivity contribution in [3.63, 3.8) is 0 Å². The smallest absolute Gasteiger partial charge is 0.123 e. The predicted molar refractivity (Wildman–Crippen MR) is 75.8 cm³/mol. The minimum atomic E-state index is -0.701. The minimum absolute atomic E-state index is 0.309. The van der Waals surface area contributed by atoms with Crippen molar-refractivity contribution in [1.29, 1.82) is 0 Å². The fourth-order valence-corrected chi connectivity index (χ4v) is 2.28. The highest BCUT2D eigenvalue weighted by Crippen LogP contribution is 2.26. The first-order chi connectivity index (χ1) is 9.10. The first-order valence-corrected chi connectivity index (χ1v) is 6.65. The van der Waals surface area contributed by atoms with Gasteiger partial charge in [-0.05, 0) is 41.5 Å². The molecule has 2 aromatic rings. The molecule has 0 heterocycles. The molecule has 100 valence electrons. The summed E-state index contributed by atoms with van der Waals surface area (Å²) in [6.45, 7) is 0. The molecule has 1 N–H and O–H groups in total. The molecule has 1 unspecified atom stereocenters. The van der Waals surface area contributed by atoms with Gasteiger partial charge in [0.2, 0.25) is 0 Å². The van der Waals surface area contributed by atoms with E-state index in [-0.39, 0.29) is 5.82 Å². The molecule has 0 aliphatic carbocycles. The fourth-order valence-electron chi connectivity index (χ4n) is 1.87. The second-order valence-electron chi connectivity index (χ2n) is 4.23. The highest BCUT2D eigenvalue weighted by molar-refractivity contribution is 9.10. The van der Waals surface area contributed by atoms with E-state index in [2.05, 4.69) is 15.9 Å². The minimum Gasteiger partial charge on any atom is -0.497 e. The van der Waals surface area contributed by atoms with Crippen LogP contribution in [0.3, 0.4) is 0 Å². The monoisotopic (exact) mass is 324 g/mol. The van der Waals surface area contributed by atoms with Gasteiger partial charge < -0.3 is 9.84 Å². The average molecular weight is 325 g/mol. The largest absolute Gasteiger partial charge is 0.497 e. The van der Waals surface area contributed by atoms with Gasteiger partial charge in [0.1, 0.15) is 11.6 Å². The van der Waals surface area contributed by atoms with Crippen LogP contribution in [-0.2, 0) is 6.42 Å². The summed E-state index contributed by atoms with van der Waals surface area (Å²) < 4.78 is 19.1. The van der Waals surface area contributed by atoms with Gasteiger partial charge in [0.05, 0.1) is 13.2 Å². The fraction of sp³-hybridized carbons (Fsp3) is 0.200. The molecule has 19 heavy (non-hydrogen) atoms. The maximum Gasteiger partial charge on any atom is 0.123 e. The molecule has 2 aromatic carbocycles. The van der Waals surface area contributed by atoms with Crippen LogP contribution in [0.1, 0.15) is 17.2 Å². The number of hydrogen-bond donors (Lipinski definition) is 1. The van der Waals surface area contributed by atoms with Crippen LogP contribution in [0.2, 0.25) is 0 Å². The molecule has 1 atom stereocenters. The molecule has 0 saturated heterocycles. The Morgan fingerprint density at radius 1 is 1.26 bits per heavy atom. The zero-order valence-electron chi connectivity index (χ0n) is 10.4. The Morgan fingerprint density at radius 2 is 2.05 bits per heavy atom. The quantitative estimate of drug-likeness (QED) is 0.925. The van der Waals surface area contributed by atoms with E-state index in [1.807, 2.05) is 18.2 Å². The molecule has 2 nitrogen and oxygen atoms in total. The van der Waals surface area contributed by atoms with Crippen molar-refractivity contribution in [3.8, 4) is 5.75 Å². The first-order valence-electron chi connectivity index (χ1n) is 5.86. The molecule has 2 rings (SSSR count). The maximum atomic E-state index is 13.2. The summed E-state index contributed by atoms with van der Waals surface area (Å²) >= 11 is 3.36. The highest BCUT2D eigenvalue weighted by atomic mass is 79.9. The lowest BCUT2D eigenvalue weighted by Gasteiger charge is -2.13. The Balaban J connectivity index is 2.20. The van der Waals surface area contributed by atoms with Crippen molar-refractivity contribution in [2.75, 3.05) is 7.11 Å². The van der Waals surface area contributed by atoms with Crippen LogP contribution in [0.5, 0.6) is 5.75 Å². The van der Waals surface area contributed by atoms with Crippen molar-refractivity contribution >= 4 is 15.9 Å². The van der Waals surface area contributed by atoms with Crippen molar-refractivity contribution in [2.24, 2.45) is 0 Å². The summed E-state index contributed by atoms with van der Waals surface area (Å²) in [4.78, 5) is 0. The summed E-state index contributed by atoms with van der Waals surface area (Å²) in [5.74, 6) is 0.380. The number of rotatable bonds is 4. The van der Waals surface area contributed by atoms with Gasteiger partial charge in [0.25, 0.3) is 0 Å². The van der Waals surface area contributed by atoms with Crippen LogP contribution in [0.4, 0.5) is 4.39 Å². The molecule has 0 aromatic heterocycles. The third-order valence-corrected chi connectivity index (χ3v) is 3.67. The topological polar surface area (TPSA) is 29.5 Å². The number of hydrogen-bond acceptors (Lipinski definition) is 2. The summed E-state index contributed by atoms with van der Waals surface area (Å²) in [5.41, 5.74) is 1.48. The molecular weight excluding hydrogens is 311 g/mol. The molecule has 0 aliphatic rings. The Hall–Kier alpha value is -1.39. The summed E-state index contributed by atoms with van der Waals surface area (Å²) in [5, 5.41) is 10.2. The van der Waals surface area contributed by atoms with Gasteiger partial charge in [-0.25, -0.2) is 4.39 Å². The van der Waals surface area contributed by atoms with Gasteiger partial charge in [-0.15, -0.1) is 0 Å². The number of ether oxygens (including phenoxy) is 1. The zero-order valence-corrected chi connectivity index (χ0v) is 12.0. The van der Waals surface area contributed by atoms with Crippen molar-refractivity contribution in [2.45, 2.75) is 12.5 Å². The zero-order chi connectivity index (χ0) is 13.8. The van der Waals surface area contributed by atoms with E-state index in [4.69, 9.17) is 4.74 Å². The molecule has 0 aliphatic heterocycles. The number of benzene rings is 2. The van der Waals surface area contributed by atoms with Gasteiger partial charge >= 0.3 is 0 Å². The third kappa shape index (κ3) is 3.55. The van der Waals surface area contributed by atoms with E-state index < -0.39 is 6.10 Å². The van der Waals surface area contributed by atoms with E-state index in [0.29, 0.717) is 12.2 Å². The number of aliphatic hydroxyl groups excluding tert-OH is 1. The van der Waals surface area contributed by atoms with Gasteiger partial charge in [-0.3, -0.25) is 0 Å². The van der Waals surface area contributed by atoms with Crippen LogP contribution in [0, 0.1) is 5.82 Å². The van der Waals surface area contributed by atoms with Gasteiger partial charge in [-0.2, -0.15) is 0 Å². The Labute approximate surface area is 120 Å². The van der Waals surface area contributed by atoms with Crippen LogP contribution >= 0.6 is 15.9 Å². The highest BCUT2D eigenvalue weighted by Gasteiger charge is 2.12. The Kier molecular flexibility index (Phi) is 4.56. The second kappa shape index (κ2) is 6.17. The number of halogens is 2. The van der Waals surface area contributed by atoms with Crippen molar-refractivity contribution < 1.29 is 14.2 Å². The molecule has 0 radical (unpaired) electrons. The van der Waals surface area contributed by atoms with E-state index in [1.54, 1.807) is 19.2 Å². The standard InChI is InChI=1S/C15H14BrFO2/c1-19-13-4-2-3-10(8-13)15(18)9-11-7-12(17)5-6-14(11)16/h2-8,15,18H,9H2,1H3. The van der Waals surface area contributed by atoms with Crippen molar-refractivity contribution in [3.05, 3.63) is 63.9 Å². The molecular formula is C15H14BrFO2.